The van der Waals surface area contributed by atoms with E-state index < -0.39 is 0 Å². The molecule has 1 aliphatic heterocycles. The van der Waals surface area contributed by atoms with Crippen molar-refractivity contribution in [3.63, 3.8) is 0 Å². The molecule has 0 atom stereocenters. The molecular formula is C26H33Cl2N7O. The maximum absolute atomic E-state index is 11.7. The van der Waals surface area contributed by atoms with E-state index in [1.54, 1.807) is 29.6 Å². The second-order valence-electron chi connectivity index (χ2n) is 10.2. The van der Waals surface area contributed by atoms with E-state index in [2.05, 4.69) is 21.9 Å². The second-order valence-corrected chi connectivity index (χ2v) is 11.0. The molecule has 1 saturated carbocycles. The predicted octanol–water partition coefficient (Wildman–Crippen LogP) is 3.97. The number of benzene rings is 1. The van der Waals surface area contributed by atoms with Crippen molar-refractivity contribution in [3.8, 4) is 0 Å². The monoisotopic (exact) mass is 529 g/mol. The van der Waals surface area contributed by atoms with Crippen LogP contribution in [-0.2, 0) is 6.42 Å². The number of carbonyl (C=O) groups excluding carboxylic acids is 1. The van der Waals surface area contributed by atoms with Crippen molar-refractivity contribution in [2.45, 2.75) is 31.7 Å². The maximum Gasteiger partial charge on any atom is 0.152 e. The third-order valence-electron chi connectivity index (χ3n) is 7.34. The average Bonchev–Trinajstić information content (AvgIpc) is 2.79. The Morgan fingerprint density at radius 2 is 1.89 bits per heavy atom. The van der Waals surface area contributed by atoms with Crippen molar-refractivity contribution in [1.29, 1.82) is 10.8 Å². The second kappa shape index (κ2) is 10.7. The maximum atomic E-state index is 11.7. The van der Waals surface area contributed by atoms with Crippen LogP contribution >= 0.6 is 23.2 Å². The molecule has 1 aromatic heterocycles. The molecule has 1 aliphatic carbocycles. The van der Waals surface area contributed by atoms with Crippen molar-refractivity contribution < 1.29 is 4.79 Å². The van der Waals surface area contributed by atoms with Gasteiger partial charge in [0.15, 0.2) is 6.29 Å². The van der Waals surface area contributed by atoms with Crippen LogP contribution in [0.2, 0.25) is 10.0 Å². The van der Waals surface area contributed by atoms with Crippen molar-refractivity contribution in [3.05, 3.63) is 56.6 Å². The molecule has 192 valence electrons. The molecule has 8 nitrogen and oxygen atoms in total. The van der Waals surface area contributed by atoms with Crippen molar-refractivity contribution in [2.24, 2.45) is 10.5 Å². The SMILES string of the molecule is CN(C)/N=C\c1c(N(C)C2CC3(C2)CN(CCCc2cc(=N)n(C=N)cc2Cl)C3)ccc(Cl)c1C=O. The summed E-state index contributed by atoms with van der Waals surface area (Å²) in [5.41, 5.74) is 3.82. The van der Waals surface area contributed by atoms with Crippen molar-refractivity contribution in [2.75, 3.05) is 45.7 Å². The van der Waals surface area contributed by atoms with Crippen LogP contribution in [0.3, 0.4) is 0 Å². The molecule has 1 spiro atoms. The number of rotatable bonds is 10. The lowest BCUT2D eigenvalue weighted by atomic mass is 9.60. The van der Waals surface area contributed by atoms with Gasteiger partial charge in [0, 0.05) is 63.3 Å². The van der Waals surface area contributed by atoms with Crippen LogP contribution in [0.1, 0.15) is 40.7 Å². The molecule has 0 amide bonds. The average molecular weight is 531 g/mol. The Labute approximate surface area is 222 Å². The number of nitrogens with zero attached hydrogens (tertiary/aromatic N) is 5. The van der Waals surface area contributed by atoms with Gasteiger partial charge in [-0.1, -0.05) is 23.2 Å². The summed E-state index contributed by atoms with van der Waals surface area (Å²) in [6.07, 6.45) is 9.31. The van der Waals surface area contributed by atoms with E-state index in [1.807, 2.05) is 20.2 Å². The van der Waals surface area contributed by atoms with E-state index in [0.29, 0.717) is 27.1 Å². The van der Waals surface area contributed by atoms with Crippen LogP contribution in [0.5, 0.6) is 0 Å². The molecule has 0 radical (unpaired) electrons. The number of carbonyl (C=O) groups is 1. The van der Waals surface area contributed by atoms with E-state index in [0.717, 1.165) is 74.8 Å². The minimum atomic E-state index is 0.272. The summed E-state index contributed by atoms with van der Waals surface area (Å²) in [7, 11) is 5.78. The Morgan fingerprint density at radius 3 is 2.53 bits per heavy atom. The first-order valence-corrected chi connectivity index (χ1v) is 12.8. The van der Waals surface area contributed by atoms with Gasteiger partial charge in [0.05, 0.1) is 22.6 Å². The van der Waals surface area contributed by atoms with Crippen molar-refractivity contribution >= 4 is 47.7 Å². The van der Waals surface area contributed by atoms with Gasteiger partial charge in [0.2, 0.25) is 0 Å². The van der Waals surface area contributed by atoms with Gasteiger partial charge < -0.3 is 14.8 Å². The summed E-state index contributed by atoms with van der Waals surface area (Å²) >= 11 is 12.6. The zero-order chi connectivity index (χ0) is 26.0. The number of anilines is 1. The third-order valence-corrected chi connectivity index (χ3v) is 8.01. The van der Waals surface area contributed by atoms with Gasteiger partial charge >= 0.3 is 0 Å². The molecule has 1 aromatic carbocycles. The van der Waals surface area contributed by atoms with Gasteiger partial charge in [0.1, 0.15) is 5.49 Å². The van der Waals surface area contributed by atoms with Crippen LogP contribution < -0.4 is 10.4 Å². The van der Waals surface area contributed by atoms with Gasteiger partial charge in [-0.25, -0.2) is 0 Å². The first-order valence-electron chi connectivity index (χ1n) is 12.1. The van der Waals surface area contributed by atoms with E-state index in [-0.39, 0.29) is 5.49 Å². The number of aryl methyl sites for hydroxylation is 1. The molecule has 2 aromatic rings. The zero-order valence-electron chi connectivity index (χ0n) is 21.0. The molecule has 2 fully saturated rings. The summed E-state index contributed by atoms with van der Waals surface area (Å²) in [4.78, 5) is 16.5. The van der Waals surface area contributed by atoms with E-state index in [4.69, 9.17) is 34.0 Å². The summed E-state index contributed by atoms with van der Waals surface area (Å²) in [5.74, 6) is 0. The Bertz CT molecular complexity index is 1230. The summed E-state index contributed by atoms with van der Waals surface area (Å²) < 4.78 is 1.40. The smallest absolute Gasteiger partial charge is 0.152 e. The molecule has 2 heterocycles. The molecule has 1 saturated heterocycles. The summed E-state index contributed by atoms with van der Waals surface area (Å²) in [6.45, 7) is 3.22. The van der Waals surface area contributed by atoms with E-state index >= 15 is 0 Å². The molecule has 0 bridgehead atoms. The van der Waals surface area contributed by atoms with Crippen LogP contribution in [0, 0.1) is 16.2 Å². The number of likely N-dealkylation sites (tertiary alicyclic amines) is 1. The zero-order valence-corrected chi connectivity index (χ0v) is 22.5. The topological polar surface area (TPSA) is 91.8 Å². The first kappa shape index (κ1) is 26.4. The van der Waals surface area contributed by atoms with Gasteiger partial charge in [-0.3, -0.25) is 20.2 Å². The lowest BCUT2D eigenvalue weighted by molar-refractivity contribution is -0.0715. The molecule has 2 N–H and O–H groups in total. The largest absolute Gasteiger partial charge is 0.371 e. The number of hydrogen-bond acceptors (Lipinski definition) is 7. The Kier molecular flexibility index (Phi) is 7.87. The normalized spacial score (nSPS) is 17.1. The highest BCUT2D eigenvalue weighted by molar-refractivity contribution is 6.34. The Hall–Kier alpha value is -2.68. The highest BCUT2D eigenvalue weighted by Crippen LogP contribution is 2.51. The standard InChI is InChI=1S/C26H33Cl2N7O/c1-32(2)31-12-20-21(14-36)22(27)6-7-24(20)33(3)19-10-26(11-19)15-34(16-26)8-4-5-18-9-25(30)35(17-29)13-23(18)28/h6-7,9,12-14,17,19,29-30H,4-5,8,10-11,15-16H2,1-3H3/b29-17?,30-25?,31-12-. The number of halogens is 2. The fourth-order valence-electron chi connectivity index (χ4n) is 5.44. The third kappa shape index (κ3) is 5.36. The number of pyridine rings is 1. The van der Waals surface area contributed by atoms with Gasteiger partial charge in [-0.2, -0.15) is 5.10 Å². The molecule has 4 rings (SSSR count). The lowest BCUT2D eigenvalue weighted by Gasteiger charge is -2.61. The highest BCUT2D eigenvalue weighted by Gasteiger charge is 2.53. The molecule has 36 heavy (non-hydrogen) atoms. The number of aldehydes is 1. The predicted molar refractivity (Wildman–Crippen MR) is 146 cm³/mol. The fourth-order valence-corrected chi connectivity index (χ4v) is 5.90. The highest BCUT2D eigenvalue weighted by atomic mass is 35.5. The van der Waals surface area contributed by atoms with Gasteiger partial charge in [-0.15, -0.1) is 0 Å². The van der Waals surface area contributed by atoms with Crippen LogP contribution in [0.15, 0.2) is 29.5 Å². The minimum Gasteiger partial charge on any atom is -0.371 e. The lowest BCUT2D eigenvalue weighted by Crippen LogP contribution is -2.66. The quantitative estimate of drug-likeness (QED) is 0.211. The van der Waals surface area contributed by atoms with E-state index in [9.17, 15) is 4.79 Å². The van der Waals surface area contributed by atoms with Crippen LogP contribution in [0.4, 0.5) is 5.69 Å². The minimum absolute atomic E-state index is 0.272. The molecule has 0 unspecified atom stereocenters. The molecule has 10 heteroatoms. The number of aromatic nitrogens is 1. The van der Waals surface area contributed by atoms with Crippen LogP contribution in [0.25, 0.3) is 0 Å². The van der Waals surface area contributed by atoms with E-state index in [1.165, 1.54) is 4.57 Å². The summed E-state index contributed by atoms with van der Waals surface area (Å²) in [6, 6.07) is 5.93. The fraction of sp³-hybridized carbons (Fsp3) is 0.462. The number of hydrazone groups is 1. The molecule has 2 aliphatic rings. The van der Waals surface area contributed by atoms with Gasteiger partial charge in [0.25, 0.3) is 0 Å². The Balaban J connectivity index is 1.31. The summed E-state index contributed by atoms with van der Waals surface area (Å²) in [5, 5.41) is 22.4. The number of nitrogens with one attached hydrogen (secondary N) is 2. The van der Waals surface area contributed by atoms with Crippen LogP contribution in [-0.4, -0.2) is 80.1 Å². The number of hydrogen-bond donors (Lipinski definition) is 2. The van der Waals surface area contributed by atoms with Gasteiger partial charge in [-0.05, 0) is 61.4 Å². The van der Waals surface area contributed by atoms with Crippen molar-refractivity contribution in [1.82, 2.24) is 14.5 Å². The first-order chi connectivity index (χ1) is 17.2. The Morgan fingerprint density at radius 1 is 1.17 bits per heavy atom. The molecular weight excluding hydrogens is 497 g/mol.